The summed E-state index contributed by atoms with van der Waals surface area (Å²) in [7, 11) is 0. The first kappa shape index (κ1) is 13.3. The summed E-state index contributed by atoms with van der Waals surface area (Å²) < 4.78 is 8.73. The van der Waals surface area contributed by atoms with Crippen molar-refractivity contribution in [3.8, 4) is 5.75 Å². The van der Waals surface area contributed by atoms with Gasteiger partial charge in [0.05, 0.1) is 25.0 Å². The molecule has 2 aliphatic rings. The number of fused-ring (bicyclic) bond motifs is 1. The molecular weight excluding hydrogens is 332 g/mol. The van der Waals surface area contributed by atoms with E-state index < -0.39 is 0 Å². The van der Waals surface area contributed by atoms with Gasteiger partial charge in [-0.05, 0) is 30.5 Å². The van der Waals surface area contributed by atoms with E-state index in [0.717, 1.165) is 41.1 Å². The number of halogens is 1. The van der Waals surface area contributed by atoms with Crippen molar-refractivity contribution in [3.05, 3.63) is 39.6 Å². The number of nitrogens with zero attached hydrogens (tertiary/aromatic N) is 3. The van der Waals surface area contributed by atoms with Crippen LogP contribution in [0.15, 0.2) is 22.8 Å². The van der Waals surface area contributed by atoms with E-state index in [-0.39, 0.29) is 0 Å². The molecule has 4 rings (SSSR count). The molecule has 1 N–H and O–H groups in total. The van der Waals surface area contributed by atoms with Crippen LogP contribution in [0, 0.1) is 0 Å². The van der Waals surface area contributed by atoms with Crippen LogP contribution in [0.2, 0.25) is 0 Å². The van der Waals surface area contributed by atoms with Gasteiger partial charge in [0.1, 0.15) is 5.75 Å². The smallest absolute Gasteiger partial charge is 0.127 e. The zero-order chi connectivity index (χ0) is 14.2. The summed E-state index contributed by atoms with van der Waals surface area (Å²) in [6, 6.07) is 4.93. The van der Waals surface area contributed by atoms with Crippen LogP contribution in [0.3, 0.4) is 0 Å². The lowest BCUT2D eigenvalue weighted by atomic mass is 10.1. The van der Waals surface area contributed by atoms with Crippen molar-refractivity contribution in [1.29, 1.82) is 0 Å². The summed E-state index contributed by atoms with van der Waals surface area (Å²) in [6.07, 6.45) is 5.57. The molecule has 1 aliphatic heterocycles. The molecule has 0 unspecified atom stereocenters. The molecule has 0 radical (unpaired) electrons. The molecule has 0 bridgehead atoms. The topological polar surface area (TPSA) is 52.0 Å². The van der Waals surface area contributed by atoms with Crippen molar-refractivity contribution >= 4 is 15.9 Å². The third kappa shape index (κ3) is 2.96. The lowest BCUT2D eigenvalue weighted by molar-refractivity contribution is 0.352. The fourth-order valence-electron chi connectivity index (χ4n) is 2.67. The minimum atomic E-state index is 0.692. The number of ether oxygens (including phenoxy) is 1. The van der Waals surface area contributed by atoms with Crippen molar-refractivity contribution < 1.29 is 4.74 Å². The van der Waals surface area contributed by atoms with Crippen molar-refractivity contribution in [2.24, 2.45) is 0 Å². The molecule has 110 valence electrons. The molecule has 21 heavy (non-hydrogen) atoms. The molecule has 0 amide bonds. The molecule has 1 fully saturated rings. The average Bonchev–Trinajstić information content (AvgIpc) is 2.98. The predicted octanol–water partition coefficient (Wildman–Crippen LogP) is 2.28. The van der Waals surface area contributed by atoms with E-state index in [1.54, 1.807) is 0 Å². The molecule has 1 aliphatic carbocycles. The van der Waals surface area contributed by atoms with E-state index in [1.165, 1.54) is 18.4 Å². The zero-order valence-electron chi connectivity index (χ0n) is 11.7. The highest BCUT2D eigenvalue weighted by atomic mass is 79.9. The Bertz CT molecular complexity index is 666. The first-order valence-corrected chi connectivity index (χ1v) is 8.14. The lowest BCUT2D eigenvalue weighted by Gasteiger charge is -2.08. The Morgan fingerprint density at radius 3 is 3.14 bits per heavy atom. The normalized spacial score (nSPS) is 16.8. The molecular formula is C15H17BrN4O. The minimum absolute atomic E-state index is 0.692. The summed E-state index contributed by atoms with van der Waals surface area (Å²) in [6.45, 7) is 2.27. The summed E-state index contributed by atoms with van der Waals surface area (Å²) in [5.41, 5.74) is 3.42. The fourth-order valence-corrected chi connectivity index (χ4v) is 3.22. The molecule has 1 aromatic heterocycles. The maximum atomic E-state index is 5.76. The number of hydrogen-bond donors (Lipinski definition) is 1. The largest absolute Gasteiger partial charge is 0.493 e. The van der Waals surface area contributed by atoms with Crippen LogP contribution in [0.1, 0.15) is 29.7 Å². The summed E-state index contributed by atoms with van der Waals surface area (Å²) in [4.78, 5) is 0. The van der Waals surface area contributed by atoms with Crippen LogP contribution in [0.4, 0.5) is 0 Å². The van der Waals surface area contributed by atoms with Gasteiger partial charge in [-0.3, -0.25) is 0 Å². The summed E-state index contributed by atoms with van der Waals surface area (Å²) >= 11 is 3.57. The van der Waals surface area contributed by atoms with Gasteiger partial charge >= 0.3 is 0 Å². The Kier molecular flexibility index (Phi) is 3.43. The monoisotopic (exact) mass is 348 g/mol. The predicted molar refractivity (Wildman–Crippen MR) is 82.3 cm³/mol. The molecule has 6 heteroatoms. The Balaban J connectivity index is 1.50. The van der Waals surface area contributed by atoms with Gasteiger partial charge in [-0.25, -0.2) is 4.68 Å². The van der Waals surface area contributed by atoms with Crippen LogP contribution < -0.4 is 10.1 Å². The SMILES string of the molecule is Brc1cc2c(c(Cn3cc(CNC4CC4)nn3)c1)OCC2. The van der Waals surface area contributed by atoms with E-state index in [9.17, 15) is 0 Å². The number of nitrogens with one attached hydrogen (secondary N) is 1. The Morgan fingerprint density at radius 2 is 2.29 bits per heavy atom. The maximum absolute atomic E-state index is 5.76. The van der Waals surface area contributed by atoms with E-state index >= 15 is 0 Å². The second-order valence-electron chi connectivity index (χ2n) is 5.71. The molecule has 2 aromatic rings. The maximum Gasteiger partial charge on any atom is 0.127 e. The molecule has 0 atom stereocenters. The van der Waals surface area contributed by atoms with Crippen LogP contribution in [-0.2, 0) is 19.5 Å². The van der Waals surface area contributed by atoms with E-state index in [0.29, 0.717) is 12.6 Å². The minimum Gasteiger partial charge on any atom is -0.493 e. The van der Waals surface area contributed by atoms with E-state index in [4.69, 9.17) is 4.74 Å². The van der Waals surface area contributed by atoms with Gasteiger partial charge in [0.15, 0.2) is 0 Å². The second-order valence-corrected chi connectivity index (χ2v) is 6.63. The van der Waals surface area contributed by atoms with Crippen molar-refractivity contribution in [3.63, 3.8) is 0 Å². The number of rotatable bonds is 5. The van der Waals surface area contributed by atoms with E-state index in [1.807, 2.05) is 10.9 Å². The van der Waals surface area contributed by atoms with Crippen LogP contribution in [-0.4, -0.2) is 27.6 Å². The molecule has 5 nitrogen and oxygen atoms in total. The third-order valence-corrected chi connectivity index (χ3v) is 4.35. The highest BCUT2D eigenvalue weighted by molar-refractivity contribution is 9.10. The van der Waals surface area contributed by atoms with Crippen molar-refractivity contribution in [1.82, 2.24) is 20.3 Å². The van der Waals surface area contributed by atoms with Gasteiger partial charge < -0.3 is 10.1 Å². The van der Waals surface area contributed by atoms with Crippen molar-refractivity contribution in [2.75, 3.05) is 6.61 Å². The van der Waals surface area contributed by atoms with Gasteiger partial charge in [0, 0.05) is 29.0 Å². The fraction of sp³-hybridized carbons (Fsp3) is 0.467. The van der Waals surface area contributed by atoms with Gasteiger partial charge in [-0.15, -0.1) is 5.10 Å². The lowest BCUT2D eigenvalue weighted by Crippen LogP contribution is -2.15. The standard InChI is InChI=1S/C15H17BrN4O/c16-12-5-10-3-4-21-15(10)11(6-12)8-20-9-14(18-19-20)7-17-13-1-2-13/h5-6,9,13,17H,1-4,7-8H2. The summed E-state index contributed by atoms with van der Waals surface area (Å²) in [5, 5.41) is 11.9. The Morgan fingerprint density at radius 1 is 1.38 bits per heavy atom. The molecule has 1 aromatic carbocycles. The quantitative estimate of drug-likeness (QED) is 0.900. The van der Waals surface area contributed by atoms with Gasteiger partial charge in [-0.1, -0.05) is 21.1 Å². The van der Waals surface area contributed by atoms with Crippen LogP contribution >= 0.6 is 15.9 Å². The first-order chi connectivity index (χ1) is 10.3. The number of benzene rings is 1. The molecule has 0 saturated heterocycles. The third-order valence-electron chi connectivity index (χ3n) is 3.89. The highest BCUT2D eigenvalue weighted by Crippen LogP contribution is 2.33. The summed E-state index contributed by atoms with van der Waals surface area (Å²) in [5.74, 6) is 1.02. The van der Waals surface area contributed by atoms with Crippen LogP contribution in [0.25, 0.3) is 0 Å². The highest BCUT2D eigenvalue weighted by Gasteiger charge is 2.21. The van der Waals surface area contributed by atoms with E-state index in [2.05, 4.69) is 43.7 Å². The molecule has 0 spiro atoms. The van der Waals surface area contributed by atoms with Gasteiger partial charge in [-0.2, -0.15) is 0 Å². The van der Waals surface area contributed by atoms with Crippen LogP contribution in [0.5, 0.6) is 5.75 Å². The first-order valence-electron chi connectivity index (χ1n) is 7.34. The van der Waals surface area contributed by atoms with Crippen molar-refractivity contribution in [2.45, 2.75) is 38.4 Å². The molecule has 2 heterocycles. The Hall–Kier alpha value is -1.40. The number of hydrogen-bond acceptors (Lipinski definition) is 4. The second kappa shape index (κ2) is 5.42. The average molecular weight is 349 g/mol. The van der Waals surface area contributed by atoms with Gasteiger partial charge in [0.2, 0.25) is 0 Å². The zero-order valence-corrected chi connectivity index (χ0v) is 13.3. The number of aromatic nitrogens is 3. The molecule has 1 saturated carbocycles. The Labute approximate surface area is 131 Å². The van der Waals surface area contributed by atoms with Gasteiger partial charge in [0.25, 0.3) is 0 Å².